The lowest BCUT2D eigenvalue weighted by Gasteiger charge is -2.25. The third-order valence-corrected chi connectivity index (χ3v) is 2.25. The Balaban J connectivity index is 4.30. The van der Waals surface area contributed by atoms with E-state index >= 15 is 0 Å². The third-order valence-electron chi connectivity index (χ3n) is 2.25. The fraction of sp³-hybridized carbons (Fsp3) is 0.900. The summed E-state index contributed by atoms with van der Waals surface area (Å²) in [5.74, 6) is -0.617. The van der Waals surface area contributed by atoms with Crippen molar-refractivity contribution in [1.82, 2.24) is 4.90 Å². The second-order valence-electron chi connectivity index (χ2n) is 3.72. The highest BCUT2D eigenvalue weighted by Gasteiger charge is 2.33. The second kappa shape index (κ2) is 6.73. The quantitative estimate of drug-likeness (QED) is 0.771. The summed E-state index contributed by atoms with van der Waals surface area (Å²) < 4.78 is 36.4. The molecule has 1 atom stereocenters. The van der Waals surface area contributed by atoms with Gasteiger partial charge in [-0.25, -0.2) is 0 Å². The first-order valence-electron chi connectivity index (χ1n) is 5.43. The number of amides is 1. The van der Waals surface area contributed by atoms with E-state index in [0.29, 0.717) is 6.42 Å². The van der Waals surface area contributed by atoms with E-state index in [-0.39, 0.29) is 6.54 Å². The van der Waals surface area contributed by atoms with E-state index in [1.54, 1.807) is 0 Å². The lowest BCUT2D eigenvalue weighted by atomic mass is 10.1. The van der Waals surface area contributed by atoms with Crippen LogP contribution >= 0.6 is 0 Å². The monoisotopic (exact) mass is 240 g/mol. The van der Waals surface area contributed by atoms with Gasteiger partial charge in [-0.15, -0.1) is 0 Å². The van der Waals surface area contributed by atoms with Crippen molar-refractivity contribution in [3.63, 3.8) is 0 Å². The first-order valence-corrected chi connectivity index (χ1v) is 5.43. The molecule has 96 valence electrons. The van der Waals surface area contributed by atoms with Gasteiger partial charge in [-0.05, 0) is 13.3 Å². The molecule has 0 aromatic rings. The van der Waals surface area contributed by atoms with Crippen LogP contribution in [-0.4, -0.2) is 36.1 Å². The number of hydrogen-bond donors (Lipinski definition) is 1. The van der Waals surface area contributed by atoms with Gasteiger partial charge in [0.25, 0.3) is 0 Å². The summed E-state index contributed by atoms with van der Waals surface area (Å²) in [6, 6.07) is -0.817. The molecule has 16 heavy (non-hydrogen) atoms. The van der Waals surface area contributed by atoms with Crippen molar-refractivity contribution in [3.05, 3.63) is 0 Å². The Kier molecular flexibility index (Phi) is 6.40. The smallest absolute Gasteiger partial charge is 0.333 e. The molecule has 0 fully saturated rings. The molecule has 1 unspecified atom stereocenters. The normalized spacial score (nSPS) is 13.6. The van der Waals surface area contributed by atoms with Crippen LogP contribution in [0.15, 0.2) is 0 Å². The minimum atomic E-state index is -4.36. The summed E-state index contributed by atoms with van der Waals surface area (Å²) in [5, 5.41) is 0. The van der Waals surface area contributed by atoms with Gasteiger partial charge in [0.1, 0.15) is 6.54 Å². The van der Waals surface area contributed by atoms with Crippen LogP contribution in [-0.2, 0) is 4.79 Å². The summed E-state index contributed by atoms with van der Waals surface area (Å²) in [4.78, 5) is 12.3. The lowest BCUT2D eigenvalue weighted by molar-refractivity contribution is -0.161. The average molecular weight is 240 g/mol. The third kappa shape index (κ3) is 5.95. The van der Waals surface area contributed by atoms with E-state index in [9.17, 15) is 18.0 Å². The fourth-order valence-corrected chi connectivity index (χ4v) is 1.34. The predicted molar refractivity (Wildman–Crippen MR) is 55.8 cm³/mol. The number of alkyl halides is 3. The van der Waals surface area contributed by atoms with Crippen molar-refractivity contribution in [1.29, 1.82) is 0 Å². The minimum Gasteiger partial charge on any atom is -0.333 e. The van der Waals surface area contributed by atoms with Crippen molar-refractivity contribution in [2.24, 2.45) is 5.73 Å². The molecule has 0 spiro atoms. The summed E-state index contributed by atoms with van der Waals surface area (Å²) in [6.45, 7) is 2.25. The van der Waals surface area contributed by atoms with Crippen LogP contribution in [0.2, 0.25) is 0 Å². The molecule has 0 aromatic heterocycles. The molecule has 0 saturated carbocycles. The Hall–Kier alpha value is -0.780. The minimum absolute atomic E-state index is 0.0260. The van der Waals surface area contributed by atoms with Crippen LogP contribution in [0.4, 0.5) is 13.2 Å². The van der Waals surface area contributed by atoms with E-state index in [2.05, 4.69) is 0 Å². The zero-order valence-corrected chi connectivity index (χ0v) is 9.68. The number of nitrogens with two attached hydrogens (primary N) is 1. The predicted octanol–water partition coefficient (Wildman–Crippen LogP) is 1.91. The van der Waals surface area contributed by atoms with E-state index in [0.717, 1.165) is 17.7 Å². The molecule has 2 N–H and O–H groups in total. The van der Waals surface area contributed by atoms with Crippen LogP contribution in [0.25, 0.3) is 0 Å². The highest BCUT2D eigenvalue weighted by Crippen LogP contribution is 2.17. The van der Waals surface area contributed by atoms with E-state index in [4.69, 9.17) is 5.73 Å². The van der Waals surface area contributed by atoms with E-state index in [1.165, 1.54) is 6.92 Å². The molecule has 0 heterocycles. The van der Waals surface area contributed by atoms with Crippen LogP contribution in [0.1, 0.15) is 33.1 Å². The van der Waals surface area contributed by atoms with Crippen molar-refractivity contribution in [2.75, 3.05) is 13.1 Å². The Morgan fingerprint density at radius 3 is 2.31 bits per heavy atom. The summed E-state index contributed by atoms with van der Waals surface area (Å²) in [6.07, 6.45) is -2.32. The largest absolute Gasteiger partial charge is 0.406 e. The summed E-state index contributed by atoms with van der Waals surface area (Å²) in [7, 11) is 0. The molecule has 1 amide bonds. The molecule has 0 bridgehead atoms. The number of halogens is 3. The van der Waals surface area contributed by atoms with E-state index in [1.807, 2.05) is 6.92 Å². The van der Waals surface area contributed by atoms with Crippen molar-refractivity contribution < 1.29 is 18.0 Å². The Morgan fingerprint density at radius 2 is 1.94 bits per heavy atom. The molecular weight excluding hydrogens is 221 g/mol. The van der Waals surface area contributed by atoms with Crippen LogP contribution in [0, 0.1) is 0 Å². The number of rotatable bonds is 6. The first-order chi connectivity index (χ1) is 7.31. The molecule has 6 heteroatoms. The Labute approximate surface area is 93.8 Å². The van der Waals surface area contributed by atoms with Gasteiger partial charge < -0.3 is 10.6 Å². The highest BCUT2D eigenvalue weighted by atomic mass is 19.4. The second-order valence-corrected chi connectivity index (χ2v) is 3.72. The van der Waals surface area contributed by atoms with Gasteiger partial charge in [-0.1, -0.05) is 19.8 Å². The van der Waals surface area contributed by atoms with Gasteiger partial charge >= 0.3 is 6.18 Å². The average Bonchev–Trinajstić information content (AvgIpc) is 2.20. The maximum absolute atomic E-state index is 12.1. The SMILES string of the molecule is CCCCC(N)C(=O)N(CC)CC(F)(F)F. The number of unbranched alkanes of at least 4 members (excludes halogenated alkanes) is 1. The van der Waals surface area contributed by atoms with Crippen molar-refractivity contribution >= 4 is 5.91 Å². The van der Waals surface area contributed by atoms with Crippen LogP contribution in [0.3, 0.4) is 0 Å². The van der Waals surface area contributed by atoms with Gasteiger partial charge in [-0.2, -0.15) is 13.2 Å². The number of carbonyl (C=O) groups is 1. The molecule has 0 rings (SSSR count). The van der Waals surface area contributed by atoms with E-state index < -0.39 is 24.7 Å². The zero-order chi connectivity index (χ0) is 12.8. The summed E-state index contributed by atoms with van der Waals surface area (Å²) >= 11 is 0. The Morgan fingerprint density at radius 1 is 1.38 bits per heavy atom. The zero-order valence-electron chi connectivity index (χ0n) is 9.68. The van der Waals surface area contributed by atoms with Crippen molar-refractivity contribution in [2.45, 2.75) is 45.3 Å². The number of carbonyl (C=O) groups excluding carboxylic acids is 1. The number of nitrogens with zero attached hydrogens (tertiary/aromatic N) is 1. The number of likely N-dealkylation sites (N-methyl/N-ethyl adjacent to an activating group) is 1. The topological polar surface area (TPSA) is 46.3 Å². The molecular formula is C10H19F3N2O. The summed E-state index contributed by atoms with van der Waals surface area (Å²) in [5.41, 5.74) is 5.54. The van der Waals surface area contributed by atoms with Gasteiger partial charge in [0.15, 0.2) is 0 Å². The van der Waals surface area contributed by atoms with Gasteiger partial charge in [-0.3, -0.25) is 4.79 Å². The molecule has 0 saturated heterocycles. The maximum atomic E-state index is 12.1. The molecule has 3 nitrogen and oxygen atoms in total. The van der Waals surface area contributed by atoms with Crippen LogP contribution in [0.5, 0.6) is 0 Å². The first kappa shape index (κ1) is 15.2. The maximum Gasteiger partial charge on any atom is 0.406 e. The standard InChI is InChI=1S/C10H19F3N2O/c1-3-5-6-8(14)9(16)15(4-2)7-10(11,12)13/h8H,3-7,14H2,1-2H3. The Bertz CT molecular complexity index is 219. The molecule has 0 aliphatic heterocycles. The lowest BCUT2D eigenvalue weighted by Crippen LogP contribution is -2.47. The highest BCUT2D eigenvalue weighted by molar-refractivity contribution is 5.81. The van der Waals surface area contributed by atoms with Gasteiger partial charge in [0, 0.05) is 6.54 Å². The van der Waals surface area contributed by atoms with Crippen molar-refractivity contribution in [3.8, 4) is 0 Å². The molecule has 0 aliphatic carbocycles. The fourth-order valence-electron chi connectivity index (χ4n) is 1.34. The molecule has 0 aromatic carbocycles. The van der Waals surface area contributed by atoms with Gasteiger partial charge in [0.2, 0.25) is 5.91 Å². The number of hydrogen-bond acceptors (Lipinski definition) is 2. The molecule has 0 aliphatic rings. The van der Waals surface area contributed by atoms with Crippen LogP contribution < -0.4 is 5.73 Å². The molecule has 0 radical (unpaired) electrons. The van der Waals surface area contributed by atoms with Gasteiger partial charge in [0.05, 0.1) is 6.04 Å².